The largest absolute Gasteiger partial charge is 0.329 e. The summed E-state index contributed by atoms with van der Waals surface area (Å²) in [6, 6.07) is 17.7. The fourth-order valence-corrected chi connectivity index (χ4v) is 2.34. The fraction of sp³-hybridized carbons (Fsp3) is 0.0588. The fourth-order valence-electron chi connectivity index (χ4n) is 2.22. The second-order valence-corrected chi connectivity index (χ2v) is 5.34. The summed E-state index contributed by atoms with van der Waals surface area (Å²) in [6.45, 7) is 0.209. The smallest absolute Gasteiger partial charge is 0.307 e. The van der Waals surface area contributed by atoms with E-state index in [-0.39, 0.29) is 12.1 Å². The zero-order valence-electron chi connectivity index (χ0n) is 11.6. The maximum Gasteiger partial charge on any atom is 0.329 e. The number of rotatable bonds is 3. The van der Waals surface area contributed by atoms with Crippen LogP contribution in [0, 0.1) is 0 Å². The molecule has 4 nitrogen and oxygen atoms in total. The topological polar surface area (TPSA) is 54.9 Å². The van der Waals surface area contributed by atoms with E-state index >= 15 is 0 Å². The molecule has 110 valence electrons. The third kappa shape index (κ3) is 3.02. The van der Waals surface area contributed by atoms with E-state index in [2.05, 4.69) is 4.98 Å². The second-order valence-electron chi connectivity index (χ2n) is 4.91. The molecule has 5 heteroatoms. The van der Waals surface area contributed by atoms with Gasteiger partial charge in [-0.3, -0.25) is 9.36 Å². The Balaban J connectivity index is 1.99. The highest BCUT2D eigenvalue weighted by Gasteiger charge is 2.06. The predicted octanol–water partition coefficient (Wildman–Crippen LogP) is 2.91. The maximum absolute atomic E-state index is 12.2. The molecular formula is C17H13ClN2O2. The lowest BCUT2D eigenvalue weighted by atomic mass is 10.1. The molecule has 3 rings (SSSR count). The van der Waals surface area contributed by atoms with Crippen molar-refractivity contribution >= 4 is 11.6 Å². The van der Waals surface area contributed by atoms with Crippen molar-refractivity contribution in [2.75, 3.05) is 0 Å². The molecule has 0 amide bonds. The molecule has 0 spiro atoms. The number of nitrogens with zero attached hydrogens (tertiary/aromatic N) is 1. The second kappa shape index (κ2) is 6.03. The number of aromatic nitrogens is 2. The first-order valence-corrected chi connectivity index (χ1v) is 7.15. The van der Waals surface area contributed by atoms with Crippen LogP contribution in [0.25, 0.3) is 11.3 Å². The molecule has 0 saturated carbocycles. The summed E-state index contributed by atoms with van der Waals surface area (Å²) in [7, 11) is 0. The first-order chi connectivity index (χ1) is 10.6. The van der Waals surface area contributed by atoms with E-state index in [1.807, 2.05) is 30.3 Å². The summed E-state index contributed by atoms with van der Waals surface area (Å²) in [6.07, 6.45) is 0. The van der Waals surface area contributed by atoms with E-state index in [0.29, 0.717) is 10.7 Å². The number of H-pyrrole nitrogens is 1. The Bertz CT molecular complexity index is 865. The predicted molar refractivity (Wildman–Crippen MR) is 87.3 cm³/mol. The molecule has 0 aliphatic heterocycles. The maximum atomic E-state index is 12.2. The van der Waals surface area contributed by atoms with Gasteiger partial charge >= 0.3 is 5.69 Å². The van der Waals surface area contributed by atoms with Crippen LogP contribution in [0.4, 0.5) is 0 Å². The Morgan fingerprint density at radius 1 is 0.955 bits per heavy atom. The lowest BCUT2D eigenvalue weighted by Gasteiger charge is -2.07. The zero-order chi connectivity index (χ0) is 15.5. The molecule has 1 heterocycles. The molecule has 1 aromatic heterocycles. The van der Waals surface area contributed by atoms with Crippen LogP contribution in [-0.4, -0.2) is 9.55 Å². The molecule has 0 fully saturated rings. The minimum absolute atomic E-state index is 0.209. The van der Waals surface area contributed by atoms with Gasteiger partial charge in [0.25, 0.3) is 5.56 Å². The molecule has 0 bridgehead atoms. The van der Waals surface area contributed by atoms with Gasteiger partial charge < -0.3 is 4.98 Å². The third-order valence-electron chi connectivity index (χ3n) is 3.36. The van der Waals surface area contributed by atoms with Crippen molar-refractivity contribution in [1.29, 1.82) is 0 Å². The van der Waals surface area contributed by atoms with Crippen LogP contribution in [0.15, 0.2) is 70.3 Å². The number of hydrogen-bond donors (Lipinski definition) is 1. The molecule has 22 heavy (non-hydrogen) atoms. The monoisotopic (exact) mass is 312 g/mol. The van der Waals surface area contributed by atoms with Gasteiger partial charge in [-0.2, -0.15) is 0 Å². The van der Waals surface area contributed by atoms with Gasteiger partial charge in [-0.25, -0.2) is 4.79 Å². The van der Waals surface area contributed by atoms with Crippen molar-refractivity contribution in [3.8, 4) is 11.3 Å². The Kier molecular flexibility index (Phi) is 3.94. The number of halogens is 1. The van der Waals surface area contributed by atoms with Crippen molar-refractivity contribution in [3.05, 3.63) is 92.1 Å². The van der Waals surface area contributed by atoms with E-state index in [1.54, 1.807) is 24.3 Å². The molecule has 2 aromatic carbocycles. The molecule has 3 aromatic rings. The molecule has 0 aliphatic rings. The van der Waals surface area contributed by atoms with Gasteiger partial charge in [-0.05, 0) is 23.3 Å². The standard InChI is InChI=1S/C17H13ClN2O2/c18-14-8-6-12(7-9-14)11-20-16(21)10-15(19-17(20)22)13-4-2-1-3-5-13/h1-10H,11H2,(H,19,22). The first-order valence-electron chi connectivity index (χ1n) is 6.77. The molecule has 0 unspecified atom stereocenters. The van der Waals surface area contributed by atoms with E-state index in [0.717, 1.165) is 15.7 Å². The average molecular weight is 313 g/mol. The van der Waals surface area contributed by atoms with E-state index < -0.39 is 5.69 Å². The minimum Gasteiger partial charge on any atom is -0.307 e. The van der Waals surface area contributed by atoms with Crippen molar-refractivity contribution in [2.24, 2.45) is 0 Å². The van der Waals surface area contributed by atoms with Crippen molar-refractivity contribution in [3.63, 3.8) is 0 Å². The molecular weight excluding hydrogens is 300 g/mol. The lowest BCUT2D eigenvalue weighted by molar-refractivity contribution is 0.701. The van der Waals surface area contributed by atoms with Crippen LogP contribution < -0.4 is 11.2 Å². The van der Waals surface area contributed by atoms with E-state index in [4.69, 9.17) is 11.6 Å². The van der Waals surface area contributed by atoms with Gasteiger partial charge in [0, 0.05) is 11.1 Å². The van der Waals surface area contributed by atoms with Crippen LogP contribution in [0.2, 0.25) is 5.02 Å². The molecule has 0 saturated heterocycles. The van der Waals surface area contributed by atoms with Crippen LogP contribution >= 0.6 is 11.6 Å². The Labute approximate surface area is 131 Å². The van der Waals surface area contributed by atoms with Crippen LogP contribution in [0.5, 0.6) is 0 Å². The van der Waals surface area contributed by atoms with Crippen LogP contribution in [0.1, 0.15) is 5.56 Å². The quantitative estimate of drug-likeness (QED) is 0.808. The zero-order valence-corrected chi connectivity index (χ0v) is 12.4. The molecule has 0 atom stereocenters. The summed E-state index contributed by atoms with van der Waals surface area (Å²) in [5.74, 6) is 0. The van der Waals surface area contributed by atoms with Gasteiger partial charge in [0.2, 0.25) is 0 Å². The first kappa shape index (κ1) is 14.4. The van der Waals surface area contributed by atoms with Gasteiger partial charge in [0.05, 0.1) is 12.2 Å². The number of hydrogen-bond acceptors (Lipinski definition) is 2. The normalized spacial score (nSPS) is 10.6. The Morgan fingerprint density at radius 3 is 2.27 bits per heavy atom. The van der Waals surface area contributed by atoms with Crippen molar-refractivity contribution in [1.82, 2.24) is 9.55 Å². The van der Waals surface area contributed by atoms with Gasteiger partial charge in [-0.1, -0.05) is 54.1 Å². The molecule has 0 aliphatic carbocycles. The van der Waals surface area contributed by atoms with Crippen molar-refractivity contribution < 1.29 is 0 Å². The summed E-state index contributed by atoms with van der Waals surface area (Å²) in [4.78, 5) is 27.2. The summed E-state index contributed by atoms with van der Waals surface area (Å²) >= 11 is 5.83. The number of nitrogens with one attached hydrogen (secondary N) is 1. The SMILES string of the molecule is O=c1cc(-c2ccccc2)[nH]c(=O)n1Cc1ccc(Cl)cc1. The van der Waals surface area contributed by atoms with Gasteiger partial charge in [-0.15, -0.1) is 0 Å². The van der Waals surface area contributed by atoms with Crippen LogP contribution in [-0.2, 0) is 6.54 Å². The highest BCUT2D eigenvalue weighted by molar-refractivity contribution is 6.30. The summed E-state index contributed by atoms with van der Waals surface area (Å²) in [5.41, 5.74) is 1.39. The highest BCUT2D eigenvalue weighted by Crippen LogP contribution is 2.13. The lowest BCUT2D eigenvalue weighted by Crippen LogP contribution is -2.35. The third-order valence-corrected chi connectivity index (χ3v) is 3.61. The van der Waals surface area contributed by atoms with Gasteiger partial charge in [0.1, 0.15) is 0 Å². The Morgan fingerprint density at radius 2 is 1.64 bits per heavy atom. The van der Waals surface area contributed by atoms with Gasteiger partial charge in [0.15, 0.2) is 0 Å². The molecule has 1 N–H and O–H groups in total. The summed E-state index contributed by atoms with van der Waals surface area (Å²) < 4.78 is 1.16. The van der Waals surface area contributed by atoms with E-state index in [9.17, 15) is 9.59 Å². The van der Waals surface area contributed by atoms with Crippen molar-refractivity contribution in [2.45, 2.75) is 6.54 Å². The average Bonchev–Trinajstić information content (AvgIpc) is 2.53. The van der Waals surface area contributed by atoms with Crippen LogP contribution in [0.3, 0.4) is 0 Å². The Hall–Kier alpha value is -2.59. The van der Waals surface area contributed by atoms with E-state index in [1.165, 1.54) is 6.07 Å². The highest BCUT2D eigenvalue weighted by atomic mass is 35.5. The number of aromatic amines is 1. The molecule has 0 radical (unpaired) electrons. The summed E-state index contributed by atoms with van der Waals surface area (Å²) in [5, 5.41) is 0.615. The minimum atomic E-state index is -0.429. The number of benzene rings is 2.